The van der Waals surface area contributed by atoms with E-state index >= 15 is 0 Å². The fraction of sp³-hybridized carbons (Fsp3) is 0.273. The molecular formula is C22H25FN6. The fourth-order valence-corrected chi connectivity index (χ4v) is 3.46. The van der Waals surface area contributed by atoms with Crippen molar-refractivity contribution in [2.24, 2.45) is 10.7 Å². The Kier molecular flexibility index (Phi) is 5.74. The number of rotatable bonds is 5. The maximum atomic E-state index is 13.1. The van der Waals surface area contributed by atoms with Crippen LogP contribution in [-0.4, -0.2) is 53.4 Å². The number of piperazine rings is 1. The van der Waals surface area contributed by atoms with Crippen molar-refractivity contribution in [2.75, 3.05) is 37.6 Å². The van der Waals surface area contributed by atoms with E-state index < -0.39 is 0 Å². The van der Waals surface area contributed by atoms with Gasteiger partial charge in [-0.25, -0.2) is 9.07 Å². The second kappa shape index (κ2) is 8.77. The van der Waals surface area contributed by atoms with Crippen molar-refractivity contribution in [1.29, 1.82) is 0 Å². The normalized spacial score (nSPS) is 15.0. The number of aliphatic imine (C=N–C) groups is 1. The van der Waals surface area contributed by atoms with Crippen LogP contribution in [0.4, 0.5) is 10.1 Å². The van der Waals surface area contributed by atoms with Crippen molar-refractivity contribution in [2.45, 2.75) is 6.42 Å². The first-order chi connectivity index (χ1) is 14.2. The molecule has 3 aromatic rings. The number of hydrogen-bond acceptors (Lipinski definition) is 3. The van der Waals surface area contributed by atoms with E-state index in [1.807, 2.05) is 59.5 Å². The maximum Gasteiger partial charge on any atom is 0.191 e. The quantitative estimate of drug-likeness (QED) is 0.536. The fourth-order valence-electron chi connectivity index (χ4n) is 3.46. The monoisotopic (exact) mass is 392 g/mol. The zero-order chi connectivity index (χ0) is 20.1. The minimum absolute atomic E-state index is 0.210. The van der Waals surface area contributed by atoms with Crippen LogP contribution in [0, 0.1) is 5.82 Å². The molecule has 2 aromatic carbocycles. The number of nitrogens with two attached hydrogens (primary N) is 1. The smallest absolute Gasteiger partial charge is 0.191 e. The number of nitrogens with zero attached hydrogens (tertiary/aromatic N) is 5. The van der Waals surface area contributed by atoms with E-state index in [0.717, 1.165) is 49.5 Å². The molecule has 1 fully saturated rings. The molecule has 0 saturated carbocycles. The number of para-hydroxylation sites is 1. The summed E-state index contributed by atoms with van der Waals surface area (Å²) in [7, 11) is 0. The van der Waals surface area contributed by atoms with Crippen LogP contribution in [0.3, 0.4) is 0 Å². The standard InChI is InChI=1S/C22H25FN6/c23-19-6-8-20(9-7-19)27-12-14-28(15-13-27)22(24)25-11-10-18-16-26-29(17-18)21-4-2-1-3-5-21/h1-9,16-17H,10-15H2,(H2,24,25). The van der Waals surface area contributed by atoms with Gasteiger partial charge in [0.1, 0.15) is 5.82 Å². The van der Waals surface area contributed by atoms with Crippen LogP contribution in [0.1, 0.15) is 5.56 Å². The lowest BCUT2D eigenvalue weighted by Crippen LogP contribution is -2.51. The molecule has 150 valence electrons. The van der Waals surface area contributed by atoms with E-state index in [1.165, 1.54) is 12.1 Å². The van der Waals surface area contributed by atoms with E-state index in [0.29, 0.717) is 12.5 Å². The SMILES string of the molecule is NC(=NCCc1cnn(-c2ccccc2)c1)N1CCN(c2ccc(F)cc2)CC1. The van der Waals surface area contributed by atoms with Crippen molar-refractivity contribution in [3.05, 3.63) is 78.4 Å². The molecule has 0 unspecified atom stereocenters. The molecule has 1 aromatic heterocycles. The summed E-state index contributed by atoms with van der Waals surface area (Å²) in [5, 5.41) is 4.41. The zero-order valence-electron chi connectivity index (χ0n) is 16.3. The Morgan fingerprint density at radius 3 is 2.41 bits per heavy atom. The Bertz CT molecular complexity index is 943. The van der Waals surface area contributed by atoms with Crippen LogP contribution in [0.25, 0.3) is 5.69 Å². The van der Waals surface area contributed by atoms with Crippen molar-refractivity contribution < 1.29 is 4.39 Å². The molecule has 2 heterocycles. The van der Waals surface area contributed by atoms with E-state index in [9.17, 15) is 4.39 Å². The van der Waals surface area contributed by atoms with Crippen molar-refractivity contribution in [1.82, 2.24) is 14.7 Å². The van der Waals surface area contributed by atoms with Gasteiger partial charge in [0.15, 0.2) is 5.96 Å². The third-order valence-electron chi connectivity index (χ3n) is 5.13. The summed E-state index contributed by atoms with van der Waals surface area (Å²) in [5.74, 6) is 0.372. The third-order valence-corrected chi connectivity index (χ3v) is 5.13. The first kappa shape index (κ1) is 19.0. The van der Waals surface area contributed by atoms with Gasteiger partial charge in [-0.2, -0.15) is 5.10 Å². The van der Waals surface area contributed by atoms with Crippen LogP contribution >= 0.6 is 0 Å². The highest BCUT2D eigenvalue weighted by Gasteiger charge is 2.18. The first-order valence-corrected chi connectivity index (χ1v) is 9.83. The Hall–Kier alpha value is -3.35. The third kappa shape index (κ3) is 4.74. The highest BCUT2D eigenvalue weighted by Crippen LogP contribution is 2.17. The first-order valence-electron chi connectivity index (χ1n) is 9.83. The highest BCUT2D eigenvalue weighted by molar-refractivity contribution is 5.78. The number of guanidine groups is 1. The summed E-state index contributed by atoms with van der Waals surface area (Å²) in [6.45, 7) is 3.92. The van der Waals surface area contributed by atoms with E-state index in [2.05, 4.69) is 19.9 Å². The second-order valence-corrected chi connectivity index (χ2v) is 7.07. The van der Waals surface area contributed by atoms with Gasteiger partial charge in [-0.15, -0.1) is 0 Å². The Morgan fingerprint density at radius 1 is 0.966 bits per heavy atom. The average molecular weight is 392 g/mol. The van der Waals surface area contributed by atoms with Gasteiger partial charge in [0.2, 0.25) is 0 Å². The van der Waals surface area contributed by atoms with Gasteiger partial charge in [-0.3, -0.25) is 4.99 Å². The van der Waals surface area contributed by atoms with Gasteiger partial charge < -0.3 is 15.5 Å². The highest BCUT2D eigenvalue weighted by atomic mass is 19.1. The molecule has 0 amide bonds. The molecule has 0 bridgehead atoms. The van der Waals surface area contributed by atoms with Gasteiger partial charge in [0, 0.05) is 44.6 Å². The molecule has 1 saturated heterocycles. The summed E-state index contributed by atoms with van der Waals surface area (Å²) in [5.41, 5.74) is 9.41. The summed E-state index contributed by atoms with van der Waals surface area (Å²) < 4.78 is 15.0. The van der Waals surface area contributed by atoms with Crippen LogP contribution in [0.5, 0.6) is 0 Å². The molecule has 0 aliphatic carbocycles. The number of halogens is 1. The van der Waals surface area contributed by atoms with E-state index in [4.69, 9.17) is 5.73 Å². The van der Waals surface area contributed by atoms with Gasteiger partial charge in [-0.05, 0) is 48.4 Å². The number of benzene rings is 2. The summed E-state index contributed by atoms with van der Waals surface area (Å²) in [6.07, 6.45) is 4.70. The Balaban J connectivity index is 1.27. The van der Waals surface area contributed by atoms with Crippen molar-refractivity contribution >= 4 is 11.6 Å². The minimum Gasteiger partial charge on any atom is -0.370 e. The maximum absolute atomic E-state index is 13.1. The average Bonchev–Trinajstić information content (AvgIpc) is 3.24. The van der Waals surface area contributed by atoms with Gasteiger partial charge in [0.25, 0.3) is 0 Å². The molecule has 29 heavy (non-hydrogen) atoms. The number of anilines is 1. The molecule has 7 heteroatoms. The number of aromatic nitrogens is 2. The van der Waals surface area contributed by atoms with E-state index in [-0.39, 0.29) is 5.82 Å². The second-order valence-electron chi connectivity index (χ2n) is 7.07. The molecule has 6 nitrogen and oxygen atoms in total. The molecule has 4 rings (SSSR count). The van der Waals surface area contributed by atoms with Gasteiger partial charge >= 0.3 is 0 Å². The minimum atomic E-state index is -0.210. The van der Waals surface area contributed by atoms with Gasteiger partial charge in [-0.1, -0.05) is 18.2 Å². The molecule has 0 atom stereocenters. The Labute approximate surface area is 170 Å². The van der Waals surface area contributed by atoms with Crippen LogP contribution in [-0.2, 0) is 6.42 Å². The predicted octanol–water partition coefficient (Wildman–Crippen LogP) is 2.69. The molecule has 1 aliphatic heterocycles. The molecule has 1 aliphatic rings. The summed E-state index contributed by atoms with van der Waals surface area (Å²) in [6, 6.07) is 16.7. The zero-order valence-corrected chi connectivity index (χ0v) is 16.3. The topological polar surface area (TPSA) is 62.7 Å². The summed E-state index contributed by atoms with van der Waals surface area (Å²) >= 11 is 0. The summed E-state index contributed by atoms with van der Waals surface area (Å²) in [4.78, 5) is 8.89. The number of hydrogen-bond donors (Lipinski definition) is 1. The van der Waals surface area contributed by atoms with Crippen LogP contribution in [0.15, 0.2) is 72.0 Å². The van der Waals surface area contributed by atoms with Crippen molar-refractivity contribution in [3.63, 3.8) is 0 Å². The van der Waals surface area contributed by atoms with Crippen molar-refractivity contribution in [3.8, 4) is 5.69 Å². The lowest BCUT2D eigenvalue weighted by Gasteiger charge is -2.36. The molecule has 0 radical (unpaired) electrons. The molecule has 2 N–H and O–H groups in total. The molecular weight excluding hydrogens is 367 g/mol. The lowest BCUT2D eigenvalue weighted by atomic mass is 10.2. The van der Waals surface area contributed by atoms with Gasteiger partial charge in [0.05, 0.1) is 11.9 Å². The predicted molar refractivity (Wildman–Crippen MR) is 114 cm³/mol. The largest absolute Gasteiger partial charge is 0.370 e. The lowest BCUT2D eigenvalue weighted by molar-refractivity contribution is 0.381. The van der Waals surface area contributed by atoms with Crippen LogP contribution < -0.4 is 10.6 Å². The van der Waals surface area contributed by atoms with E-state index in [1.54, 1.807) is 0 Å². The molecule has 0 spiro atoms. The Morgan fingerprint density at radius 2 is 1.69 bits per heavy atom. The van der Waals surface area contributed by atoms with Crippen LogP contribution in [0.2, 0.25) is 0 Å².